The lowest BCUT2D eigenvalue weighted by Gasteiger charge is -2.06. The van der Waals surface area contributed by atoms with Gasteiger partial charge in [0.05, 0.1) is 22.6 Å². The maximum atomic E-state index is 11.9. The maximum absolute atomic E-state index is 11.9. The standard InChI is InChI=1S/C13H10ClN3O3/c14-9-3-1-7(5-10(9)15)12(18)17-8-2-4-11(13(19)20)16-6-8/h1-6H,15H2,(H,17,18)(H,19,20). The van der Waals surface area contributed by atoms with Gasteiger partial charge in [-0.2, -0.15) is 0 Å². The molecule has 2 rings (SSSR count). The van der Waals surface area contributed by atoms with E-state index >= 15 is 0 Å². The number of aromatic carboxylic acids is 1. The van der Waals surface area contributed by atoms with Crippen molar-refractivity contribution < 1.29 is 14.7 Å². The molecule has 1 heterocycles. The van der Waals surface area contributed by atoms with Crippen LogP contribution in [0.4, 0.5) is 11.4 Å². The fourth-order valence-electron chi connectivity index (χ4n) is 1.48. The first-order valence-corrected chi connectivity index (χ1v) is 5.91. The number of amides is 1. The Labute approximate surface area is 119 Å². The molecule has 1 aromatic carbocycles. The molecule has 1 amide bonds. The molecule has 0 atom stereocenters. The summed E-state index contributed by atoms with van der Waals surface area (Å²) in [4.78, 5) is 26.3. The van der Waals surface area contributed by atoms with Crippen LogP contribution in [0.5, 0.6) is 0 Å². The molecule has 0 radical (unpaired) electrons. The lowest BCUT2D eigenvalue weighted by atomic mass is 10.2. The van der Waals surface area contributed by atoms with Crippen LogP contribution >= 0.6 is 11.6 Å². The van der Waals surface area contributed by atoms with Crippen LogP contribution in [0.15, 0.2) is 36.5 Å². The van der Waals surface area contributed by atoms with Crippen molar-refractivity contribution in [1.82, 2.24) is 4.98 Å². The molecule has 20 heavy (non-hydrogen) atoms. The zero-order chi connectivity index (χ0) is 14.7. The van der Waals surface area contributed by atoms with Gasteiger partial charge in [0.2, 0.25) is 0 Å². The molecule has 0 fully saturated rings. The van der Waals surface area contributed by atoms with E-state index in [9.17, 15) is 9.59 Å². The molecule has 0 bridgehead atoms. The number of nitrogen functional groups attached to an aromatic ring is 1. The number of benzene rings is 1. The van der Waals surface area contributed by atoms with Crippen LogP contribution in [-0.4, -0.2) is 22.0 Å². The largest absolute Gasteiger partial charge is 0.477 e. The summed E-state index contributed by atoms with van der Waals surface area (Å²) < 4.78 is 0. The first-order chi connectivity index (χ1) is 9.47. The fraction of sp³-hybridized carbons (Fsp3) is 0. The lowest BCUT2D eigenvalue weighted by molar-refractivity contribution is 0.0690. The number of rotatable bonds is 3. The Morgan fingerprint density at radius 1 is 1.25 bits per heavy atom. The summed E-state index contributed by atoms with van der Waals surface area (Å²) in [6.07, 6.45) is 1.26. The molecule has 0 aliphatic rings. The average molecular weight is 292 g/mol. The third-order valence-corrected chi connectivity index (χ3v) is 2.84. The van der Waals surface area contributed by atoms with Crippen molar-refractivity contribution in [2.45, 2.75) is 0 Å². The van der Waals surface area contributed by atoms with Crippen molar-refractivity contribution >= 4 is 34.9 Å². The highest BCUT2D eigenvalue weighted by Crippen LogP contribution is 2.20. The van der Waals surface area contributed by atoms with Crippen LogP contribution in [0.25, 0.3) is 0 Å². The molecule has 0 aliphatic heterocycles. The summed E-state index contributed by atoms with van der Waals surface area (Å²) in [6.45, 7) is 0. The summed E-state index contributed by atoms with van der Waals surface area (Å²) in [5.74, 6) is -1.52. The normalized spacial score (nSPS) is 10.1. The molecule has 4 N–H and O–H groups in total. The summed E-state index contributed by atoms with van der Waals surface area (Å²) in [5, 5.41) is 11.7. The molecule has 0 spiro atoms. The van der Waals surface area contributed by atoms with Crippen LogP contribution in [-0.2, 0) is 0 Å². The van der Waals surface area contributed by atoms with E-state index in [0.29, 0.717) is 22.0 Å². The van der Waals surface area contributed by atoms with E-state index in [2.05, 4.69) is 10.3 Å². The van der Waals surface area contributed by atoms with Crippen LogP contribution in [0, 0.1) is 0 Å². The van der Waals surface area contributed by atoms with Gasteiger partial charge in [-0.1, -0.05) is 11.6 Å². The first-order valence-electron chi connectivity index (χ1n) is 5.53. The number of anilines is 2. The van der Waals surface area contributed by atoms with E-state index in [4.69, 9.17) is 22.4 Å². The minimum atomic E-state index is -1.13. The van der Waals surface area contributed by atoms with Gasteiger partial charge in [-0.25, -0.2) is 9.78 Å². The number of halogens is 1. The SMILES string of the molecule is Nc1cc(C(=O)Nc2ccc(C(=O)O)nc2)ccc1Cl. The summed E-state index contributed by atoms with van der Waals surface area (Å²) >= 11 is 5.77. The maximum Gasteiger partial charge on any atom is 0.354 e. The predicted octanol–water partition coefficient (Wildman–Crippen LogP) is 2.27. The molecule has 2 aromatic rings. The highest BCUT2D eigenvalue weighted by molar-refractivity contribution is 6.33. The van der Waals surface area contributed by atoms with E-state index in [0.717, 1.165) is 0 Å². The molecule has 1 aromatic heterocycles. The van der Waals surface area contributed by atoms with Crippen molar-refractivity contribution in [3.05, 3.63) is 52.8 Å². The van der Waals surface area contributed by atoms with Gasteiger partial charge in [0, 0.05) is 5.56 Å². The highest BCUT2D eigenvalue weighted by Gasteiger charge is 2.09. The summed E-state index contributed by atoms with van der Waals surface area (Å²) in [6, 6.07) is 7.27. The molecule has 6 nitrogen and oxygen atoms in total. The minimum Gasteiger partial charge on any atom is -0.477 e. The van der Waals surface area contributed by atoms with Crippen molar-refractivity contribution in [3.63, 3.8) is 0 Å². The van der Waals surface area contributed by atoms with Crippen LogP contribution in [0.2, 0.25) is 5.02 Å². The smallest absolute Gasteiger partial charge is 0.354 e. The number of carboxylic acids is 1. The molecule has 0 saturated heterocycles. The number of carbonyl (C=O) groups excluding carboxylic acids is 1. The number of hydrogen-bond donors (Lipinski definition) is 3. The van der Waals surface area contributed by atoms with Gasteiger partial charge in [0.15, 0.2) is 0 Å². The summed E-state index contributed by atoms with van der Waals surface area (Å²) in [7, 11) is 0. The second-order valence-corrected chi connectivity index (χ2v) is 4.33. The van der Waals surface area contributed by atoms with Gasteiger partial charge in [0.25, 0.3) is 5.91 Å². The van der Waals surface area contributed by atoms with Gasteiger partial charge in [0.1, 0.15) is 5.69 Å². The molecule has 7 heteroatoms. The number of carboxylic acid groups (broad SMARTS) is 1. The zero-order valence-electron chi connectivity index (χ0n) is 10.1. The molecule has 0 saturated carbocycles. The molecular weight excluding hydrogens is 282 g/mol. The lowest BCUT2D eigenvalue weighted by Crippen LogP contribution is -2.13. The van der Waals surface area contributed by atoms with Crippen LogP contribution in [0.1, 0.15) is 20.8 Å². The van der Waals surface area contributed by atoms with Crippen molar-refractivity contribution in [2.75, 3.05) is 11.1 Å². The van der Waals surface area contributed by atoms with Crippen molar-refractivity contribution in [2.24, 2.45) is 0 Å². The topological polar surface area (TPSA) is 105 Å². The molecule has 102 valence electrons. The number of pyridine rings is 1. The van der Waals surface area contributed by atoms with E-state index in [1.807, 2.05) is 0 Å². The summed E-state index contributed by atoms with van der Waals surface area (Å²) in [5.41, 5.74) is 6.55. The molecular formula is C13H10ClN3O3. The molecule has 0 unspecified atom stereocenters. The fourth-order valence-corrected chi connectivity index (χ4v) is 1.60. The van der Waals surface area contributed by atoms with Gasteiger partial charge < -0.3 is 16.2 Å². The Morgan fingerprint density at radius 3 is 2.55 bits per heavy atom. The zero-order valence-corrected chi connectivity index (χ0v) is 10.9. The van der Waals surface area contributed by atoms with Crippen molar-refractivity contribution in [1.29, 1.82) is 0 Å². The van der Waals surface area contributed by atoms with Gasteiger partial charge in [-0.15, -0.1) is 0 Å². The Kier molecular flexibility index (Phi) is 3.86. The second-order valence-electron chi connectivity index (χ2n) is 3.93. The van der Waals surface area contributed by atoms with Gasteiger partial charge >= 0.3 is 5.97 Å². The van der Waals surface area contributed by atoms with E-state index in [1.54, 1.807) is 0 Å². The number of nitrogens with two attached hydrogens (primary N) is 1. The third kappa shape index (κ3) is 3.04. The van der Waals surface area contributed by atoms with E-state index in [1.165, 1.54) is 36.5 Å². The van der Waals surface area contributed by atoms with Crippen LogP contribution < -0.4 is 11.1 Å². The Balaban J connectivity index is 2.14. The third-order valence-electron chi connectivity index (χ3n) is 2.50. The minimum absolute atomic E-state index is 0.0984. The van der Waals surface area contributed by atoms with Gasteiger partial charge in [-0.05, 0) is 30.3 Å². The average Bonchev–Trinajstić information content (AvgIpc) is 2.42. The van der Waals surface area contributed by atoms with E-state index in [-0.39, 0.29) is 5.69 Å². The van der Waals surface area contributed by atoms with Crippen LogP contribution in [0.3, 0.4) is 0 Å². The first kappa shape index (κ1) is 13.8. The monoisotopic (exact) mass is 291 g/mol. The van der Waals surface area contributed by atoms with E-state index < -0.39 is 11.9 Å². The Morgan fingerprint density at radius 2 is 2.00 bits per heavy atom. The van der Waals surface area contributed by atoms with Gasteiger partial charge in [-0.3, -0.25) is 4.79 Å². The number of nitrogens with zero attached hydrogens (tertiary/aromatic N) is 1. The quantitative estimate of drug-likeness (QED) is 0.752. The number of nitrogens with one attached hydrogen (secondary N) is 1. The Hall–Kier alpha value is -2.60. The number of hydrogen-bond acceptors (Lipinski definition) is 4. The molecule has 0 aliphatic carbocycles. The number of carbonyl (C=O) groups is 2. The predicted molar refractivity (Wildman–Crippen MR) is 75.0 cm³/mol. The van der Waals surface area contributed by atoms with Crippen molar-refractivity contribution in [3.8, 4) is 0 Å². The highest BCUT2D eigenvalue weighted by atomic mass is 35.5. The second kappa shape index (κ2) is 5.58. The Bertz CT molecular complexity index is 671. The number of aromatic nitrogens is 1.